The summed E-state index contributed by atoms with van der Waals surface area (Å²) in [6, 6.07) is 0. The van der Waals surface area contributed by atoms with Gasteiger partial charge in [0.1, 0.15) is 0 Å². The highest BCUT2D eigenvalue weighted by molar-refractivity contribution is 7.85. The number of hydrogen-bond acceptors (Lipinski definition) is 4. The van der Waals surface area contributed by atoms with E-state index in [0.717, 1.165) is 0 Å². The monoisotopic (exact) mass is 256 g/mol. The van der Waals surface area contributed by atoms with Crippen LogP contribution in [0.25, 0.3) is 0 Å². The van der Waals surface area contributed by atoms with Crippen LogP contribution >= 0.6 is 12.6 Å². The van der Waals surface area contributed by atoms with Gasteiger partial charge in [-0.15, -0.1) is 0 Å². The van der Waals surface area contributed by atoms with Crippen LogP contribution in [-0.2, 0) is 14.9 Å². The fraction of sp³-hybridized carbons (Fsp3) is 0.875. The molecule has 2 N–H and O–H groups in total. The molecule has 90 valence electrons. The summed E-state index contributed by atoms with van der Waals surface area (Å²) in [6.45, 7) is 0. The van der Waals surface area contributed by atoms with E-state index in [2.05, 4.69) is 12.6 Å². The highest BCUT2D eigenvalue weighted by Crippen LogP contribution is 2.12. The first-order valence-electron chi connectivity index (χ1n) is 4.66. The highest BCUT2D eigenvalue weighted by Gasteiger charge is 2.09. The van der Waals surface area contributed by atoms with Gasteiger partial charge in [0.05, 0.1) is 5.75 Å². The number of rotatable bonds is 8. The zero-order valence-electron chi connectivity index (χ0n) is 8.29. The first kappa shape index (κ1) is 14.7. The largest absolute Gasteiger partial charge is 0.481 e. The quantitative estimate of drug-likeness (QED) is 0.345. The second kappa shape index (κ2) is 7.08. The highest BCUT2D eigenvalue weighted by atomic mass is 32.2. The van der Waals surface area contributed by atoms with Crippen molar-refractivity contribution in [2.24, 2.45) is 0 Å². The van der Waals surface area contributed by atoms with E-state index in [4.69, 9.17) is 9.66 Å². The third kappa shape index (κ3) is 11.7. The Kier molecular flexibility index (Phi) is 6.95. The van der Waals surface area contributed by atoms with Crippen molar-refractivity contribution >= 4 is 28.7 Å². The minimum atomic E-state index is -3.91. The number of thiol groups is 1. The Morgan fingerprint density at radius 1 is 1.27 bits per heavy atom. The van der Waals surface area contributed by atoms with Gasteiger partial charge in [0.15, 0.2) is 0 Å². The zero-order valence-corrected chi connectivity index (χ0v) is 10.0. The number of hydrogen-bond donors (Lipinski definition) is 3. The van der Waals surface area contributed by atoms with Crippen LogP contribution in [0.2, 0.25) is 0 Å². The maximum atomic E-state index is 10.4. The smallest absolute Gasteiger partial charge is 0.303 e. The number of aliphatic carboxylic acids is 1. The topological polar surface area (TPSA) is 91.7 Å². The van der Waals surface area contributed by atoms with Crippen LogP contribution in [0.4, 0.5) is 0 Å². The van der Waals surface area contributed by atoms with Crippen molar-refractivity contribution in [3.63, 3.8) is 0 Å². The summed E-state index contributed by atoms with van der Waals surface area (Å²) in [5.41, 5.74) is 0. The molecule has 0 fully saturated rings. The Labute approximate surface area is 95.0 Å². The normalized spacial score (nSPS) is 13.7. The molecule has 0 aliphatic carbocycles. The lowest BCUT2D eigenvalue weighted by atomic mass is 10.1. The van der Waals surface area contributed by atoms with E-state index < -0.39 is 16.1 Å². The van der Waals surface area contributed by atoms with Crippen molar-refractivity contribution in [3.8, 4) is 0 Å². The average molecular weight is 256 g/mol. The van der Waals surface area contributed by atoms with Crippen LogP contribution in [-0.4, -0.2) is 35.0 Å². The van der Waals surface area contributed by atoms with Crippen LogP contribution in [0.15, 0.2) is 0 Å². The van der Waals surface area contributed by atoms with Gasteiger partial charge in [-0.25, -0.2) is 0 Å². The molecular weight excluding hydrogens is 240 g/mol. The first-order chi connectivity index (χ1) is 6.81. The molecule has 0 saturated carbocycles. The Morgan fingerprint density at radius 3 is 2.33 bits per heavy atom. The van der Waals surface area contributed by atoms with Crippen molar-refractivity contribution in [2.75, 3.05) is 5.75 Å². The van der Waals surface area contributed by atoms with E-state index in [1.54, 1.807) is 0 Å². The Hall–Kier alpha value is -0.270. The number of unbranched alkanes of at least 4 members (excludes halogenated alkanes) is 1. The predicted molar refractivity (Wildman–Crippen MR) is 59.9 cm³/mol. The van der Waals surface area contributed by atoms with Crippen molar-refractivity contribution < 1.29 is 22.9 Å². The standard InChI is InChI=1S/C8H16O5S2/c9-8(10)4-2-1-3-7(14)5-6-15(11,12)13/h7,14H,1-6H2,(H,9,10)(H,11,12,13). The lowest BCUT2D eigenvalue weighted by Crippen LogP contribution is -2.10. The summed E-state index contributed by atoms with van der Waals surface area (Å²) in [4.78, 5) is 10.2. The maximum Gasteiger partial charge on any atom is 0.303 e. The van der Waals surface area contributed by atoms with Gasteiger partial charge in [0, 0.05) is 11.7 Å². The van der Waals surface area contributed by atoms with Gasteiger partial charge in [0.25, 0.3) is 10.1 Å². The molecule has 0 amide bonds. The molecule has 5 nitrogen and oxygen atoms in total. The molecule has 0 bridgehead atoms. The molecule has 7 heteroatoms. The summed E-state index contributed by atoms with van der Waals surface area (Å²) in [7, 11) is -3.91. The third-order valence-corrected chi connectivity index (χ3v) is 3.16. The van der Waals surface area contributed by atoms with E-state index in [1.165, 1.54) is 0 Å². The molecule has 0 heterocycles. The number of carbonyl (C=O) groups is 1. The number of carboxylic acids is 1. The number of carboxylic acid groups (broad SMARTS) is 1. The average Bonchev–Trinajstić information content (AvgIpc) is 2.07. The molecule has 0 radical (unpaired) electrons. The molecule has 0 spiro atoms. The zero-order chi connectivity index (χ0) is 11.9. The van der Waals surface area contributed by atoms with Gasteiger partial charge in [0.2, 0.25) is 0 Å². The van der Waals surface area contributed by atoms with E-state index in [1.807, 2.05) is 0 Å². The van der Waals surface area contributed by atoms with Crippen LogP contribution in [0.1, 0.15) is 32.1 Å². The van der Waals surface area contributed by atoms with E-state index in [-0.39, 0.29) is 23.8 Å². The van der Waals surface area contributed by atoms with Gasteiger partial charge in [-0.1, -0.05) is 6.42 Å². The molecule has 0 aromatic heterocycles. The first-order valence-corrected chi connectivity index (χ1v) is 6.79. The van der Waals surface area contributed by atoms with Crippen molar-refractivity contribution in [2.45, 2.75) is 37.4 Å². The van der Waals surface area contributed by atoms with E-state index in [9.17, 15) is 13.2 Å². The molecule has 1 unspecified atom stereocenters. The second-order valence-corrected chi connectivity index (χ2v) is 5.67. The van der Waals surface area contributed by atoms with Gasteiger partial charge in [-0.3, -0.25) is 9.35 Å². The van der Waals surface area contributed by atoms with E-state index in [0.29, 0.717) is 19.3 Å². The minimum Gasteiger partial charge on any atom is -0.481 e. The van der Waals surface area contributed by atoms with Crippen LogP contribution in [0, 0.1) is 0 Å². The molecule has 0 aliphatic rings. The van der Waals surface area contributed by atoms with E-state index >= 15 is 0 Å². The van der Waals surface area contributed by atoms with Crippen molar-refractivity contribution in [3.05, 3.63) is 0 Å². The molecule has 0 saturated heterocycles. The van der Waals surface area contributed by atoms with Crippen molar-refractivity contribution in [1.29, 1.82) is 0 Å². The molecule has 15 heavy (non-hydrogen) atoms. The summed E-state index contributed by atoms with van der Waals surface area (Å²) < 4.78 is 29.3. The Morgan fingerprint density at radius 2 is 1.87 bits per heavy atom. The molecule has 0 aromatic rings. The third-order valence-electron chi connectivity index (χ3n) is 1.89. The lowest BCUT2D eigenvalue weighted by molar-refractivity contribution is -0.137. The van der Waals surface area contributed by atoms with Crippen LogP contribution in [0.3, 0.4) is 0 Å². The SMILES string of the molecule is O=C(O)CCCCC(S)CCS(=O)(=O)O. The van der Waals surface area contributed by atoms with Crippen molar-refractivity contribution in [1.82, 2.24) is 0 Å². The Bertz CT molecular complexity index is 285. The fourth-order valence-corrected chi connectivity index (χ4v) is 2.15. The molecular formula is C8H16O5S2. The van der Waals surface area contributed by atoms with Gasteiger partial charge in [-0.05, 0) is 19.3 Å². The molecule has 0 aromatic carbocycles. The summed E-state index contributed by atoms with van der Waals surface area (Å²) in [5, 5.41) is 8.25. The summed E-state index contributed by atoms with van der Waals surface area (Å²) in [5.74, 6) is -1.12. The van der Waals surface area contributed by atoms with Crippen LogP contribution in [0.5, 0.6) is 0 Å². The van der Waals surface area contributed by atoms with Crippen LogP contribution < -0.4 is 0 Å². The second-order valence-electron chi connectivity index (χ2n) is 3.37. The lowest BCUT2D eigenvalue weighted by Gasteiger charge is -2.08. The van der Waals surface area contributed by atoms with Gasteiger partial charge in [-0.2, -0.15) is 21.0 Å². The molecule has 1 atom stereocenters. The predicted octanol–water partition coefficient (Wildman–Crippen LogP) is 1.21. The summed E-state index contributed by atoms with van der Waals surface area (Å²) >= 11 is 4.14. The maximum absolute atomic E-state index is 10.4. The van der Waals surface area contributed by atoms with Gasteiger partial charge < -0.3 is 5.11 Å². The molecule has 0 rings (SSSR count). The fourth-order valence-electron chi connectivity index (χ4n) is 1.09. The molecule has 0 aliphatic heterocycles. The summed E-state index contributed by atoms with van der Waals surface area (Å²) in [6.07, 6.45) is 2.34. The Balaban J connectivity index is 3.50. The minimum absolute atomic E-state index is 0.110. The van der Waals surface area contributed by atoms with Gasteiger partial charge >= 0.3 is 5.97 Å².